The summed E-state index contributed by atoms with van der Waals surface area (Å²) in [4.78, 5) is 7.97. The minimum atomic E-state index is -0.479. The first kappa shape index (κ1) is 36.1. The molecule has 13 heteroatoms. The highest BCUT2D eigenvalue weighted by molar-refractivity contribution is 14.1. The zero-order valence-electron chi connectivity index (χ0n) is 24.4. The first-order valence-corrected chi connectivity index (χ1v) is 16.1. The van der Waals surface area contributed by atoms with Crippen LogP contribution in [-0.4, -0.2) is 83.0 Å². The van der Waals surface area contributed by atoms with Crippen molar-refractivity contribution in [2.24, 2.45) is 0 Å². The molecule has 2 aliphatic carbocycles. The smallest absolute Gasteiger partial charge is 0.215 e. The number of nitrogens with one attached hydrogen (secondary N) is 3. The zero-order chi connectivity index (χ0) is 30.5. The lowest BCUT2D eigenvalue weighted by molar-refractivity contribution is 0.0416. The molecule has 3 heterocycles. The quantitative estimate of drug-likeness (QED) is 0.184. The molecule has 0 aromatic carbocycles. The van der Waals surface area contributed by atoms with Crippen molar-refractivity contribution < 1.29 is 24.1 Å². The van der Waals surface area contributed by atoms with Crippen molar-refractivity contribution in [3.63, 3.8) is 0 Å². The molecule has 41 heavy (non-hydrogen) atoms. The molecule has 7 N–H and O–H groups in total. The SMILES string of the molecule is C1COCCN1.CC1(Nc2cc(I)cc(F)n2)CC(O)C1.CC1(Nc2cc(I)cc(N)n2)CC(O)C1.CCOCC. The van der Waals surface area contributed by atoms with Crippen molar-refractivity contribution in [1.82, 2.24) is 15.3 Å². The van der Waals surface area contributed by atoms with E-state index in [9.17, 15) is 14.6 Å². The number of rotatable bonds is 6. The second-order valence-electron chi connectivity index (χ2n) is 10.7. The van der Waals surface area contributed by atoms with E-state index in [0.29, 0.717) is 24.5 Å². The van der Waals surface area contributed by atoms with E-state index in [0.717, 1.165) is 65.3 Å². The number of aliphatic hydroxyl groups excluding tert-OH is 2. The van der Waals surface area contributed by atoms with Crippen LogP contribution >= 0.6 is 45.2 Å². The van der Waals surface area contributed by atoms with Gasteiger partial charge in [0.05, 0.1) is 25.4 Å². The molecular weight excluding hydrogens is 757 g/mol. The third-order valence-electron chi connectivity index (χ3n) is 6.43. The summed E-state index contributed by atoms with van der Waals surface area (Å²) in [6.45, 7) is 13.6. The zero-order valence-corrected chi connectivity index (χ0v) is 28.7. The maximum absolute atomic E-state index is 13.0. The number of nitrogens with two attached hydrogens (primary N) is 1. The van der Waals surface area contributed by atoms with Gasteiger partial charge in [-0.2, -0.15) is 4.39 Å². The van der Waals surface area contributed by atoms with Gasteiger partial charge in [-0.15, -0.1) is 0 Å². The van der Waals surface area contributed by atoms with Crippen LogP contribution in [0.2, 0.25) is 0 Å². The lowest BCUT2D eigenvalue weighted by Gasteiger charge is -2.43. The van der Waals surface area contributed by atoms with E-state index in [1.165, 1.54) is 6.07 Å². The number of hydrogen-bond acceptors (Lipinski definition) is 10. The van der Waals surface area contributed by atoms with Crippen LogP contribution in [0.5, 0.6) is 0 Å². The molecule has 0 bridgehead atoms. The molecule has 0 unspecified atom stereocenters. The fourth-order valence-corrected chi connectivity index (χ4v) is 5.78. The van der Waals surface area contributed by atoms with Gasteiger partial charge in [-0.3, -0.25) is 0 Å². The Morgan fingerprint density at radius 1 is 0.927 bits per heavy atom. The van der Waals surface area contributed by atoms with Gasteiger partial charge in [0.2, 0.25) is 5.95 Å². The summed E-state index contributed by atoms with van der Waals surface area (Å²) in [5.74, 6) is 1.36. The predicted octanol–water partition coefficient (Wildman–Crippen LogP) is 4.39. The van der Waals surface area contributed by atoms with E-state index >= 15 is 0 Å². The molecule has 2 aromatic rings. The molecule has 1 aliphatic heterocycles. The minimum Gasteiger partial charge on any atom is -0.393 e. The van der Waals surface area contributed by atoms with Crippen molar-refractivity contribution in [1.29, 1.82) is 0 Å². The van der Waals surface area contributed by atoms with Gasteiger partial charge in [-0.05, 0) is 117 Å². The Kier molecular flexibility index (Phi) is 15.7. The topological polar surface area (TPSA) is 147 Å². The Morgan fingerprint density at radius 3 is 1.71 bits per heavy atom. The van der Waals surface area contributed by atoms with Crippen LogP contribution in [0.1, 0.15) is 53.4 Å². The number of halogens is 3. The Morgan fingerprint density at radius 2 is 1.39 bits per heavy atom. The maximum Gasteiger partial charge on any atom is 0.215 e. The van der Waals surface area contributed by atoms with E-state index in [-0.39, 0.29) is 23.3 Å². The minimum absolute atomic E-state index is 0.0384. The summed E-state index contributed by atoms with van der Waals surface area (Å²) >= 11 is 4.25. The molecule has 0 amide bonds. The standard InChI is InChI=1S/C10H12FIN2O.C10H14IN3O.C4H9NO.C4H10O/c1-10(4-7(15)5-10)14-9-3-6(12)2-8(11)13-9;1-10(4-7(15)5-10)14-9-3-6(11)2-8(12)13-9;1-3-6-4-2-5-1;1-3-5-4-2/h2-3,7,15H,4-5H2,1H3,(H,13,14);2-3,7,15H,4-5H2,1H3,(H3,12,13,14);5H,1-4H2;3-4H2,1-2H3. The van der Waals surface area contributed by atoms with E-state index in [1.807, 2.05) is 55.5 Å². The first-order chi connectivity index (χ1) is 19.3. The fourth-order valence-electron chi connectivity index (χ4n) is 4.61. The fraction of sp³-hybridized carbons (Fsp3) is 0.643. The van der Waals surface area contributed by atoms with Gasteiger partial charge in [0.15, 0.2) is 0 Å². The van der Waals surface area contributed by atoms with E-state index in [1.54, 1.807) is 6.07 Å². The van der Waals surface area contributed by atoms with Crippen molar-refractivity contribution in [3.05, 3.63) is 37.4 Å². The van der Waals surface area contributed by atoms with Crippen LogP contribution in [0.15, 0.2) is 24.3 Å². The summed E-state index contributed by atoms with van der Waals surface area (Å²) in [6.07, 6.45) is 2.47. The normalized spacial score (nSPS) is 26.3. The van der Waals surface area contributed by atoms with Gasteiger partial charge >= 0.3 is 0 Å². The predicted molar refractivity (Wildman–Crippen MR) is 179 cm³/mol. The second-order valence-corrected chi connectivity index (χ2v) is 13.2. The van der Waals surface area contributed by atoms with E-state index in [4.69, 9.17) is 15.2 Å². The third-order valence-corrected chi connectivity index (χ3v) is 7.67. The first-order valence-electron chi connectivity index (χ1n) is 13.9. The van der Waals surface area contributed by atoms with Crippen LogP contribution in [0, 0.1) is 13.1 Å². The average molecular weight is 803 g/mol. The molecule has 3 aliphatic rings. The Bertz CT molecular complexity index is 927. The molecule has 232 valence electrons. The largest absolute Gasteiger partial charge is 0.393 e. The van der Waals surface area contributed by atoms with Crippen molar-refractivity contribution in [2.75, 3.05) is 55.9 Å². The van der Waals surface area contributed by atoms with E-state index in [2.05, 4.69) is 55.4 Å². The molecule has 0 atom stereocenters. The highest BCUT2D eigenvalue weighted by Gasteiger charge is 2.40. The number of aromatic nitrogens is 2. The summed E-state index contributed by atoms with van der Waals surface area (Å²) in [7, 11) is 0. The number of nitrogen functional groups attached to an aromatic ring is 1. The Balaban J connectivity index is 0.000000212. The Labute approximate surface area is 270 Å². The van der Waals surface area contributed by atoms with E-state index < -0.39 is 5.95 Å². The number of aliphatic hydroxyl groups is 2. The van der Waals surface area contributed by atoms with Gasteiger partial charge in [0, 0.05) is 50.6 Å². The molecule has 0 spiro atoms. The summed E-state index contributed by atoms with van der Waals surface area (Å²) in [5.41, 5.74) is 5.47. The third kappa shape index (κ3) is 14.3. The number of hydrogen-bond donors (Lipinski definition) is 6. The van der Waals surface area contributed by atoms with Crippen LogP contribution in [0.25, 0.3) is 0 Å². The molecule has 0 radical (unpaired) electrons. The van der Waals surface area contributed by atoms with Gasteiger partial charge in [-0.25, -0.2) is 9.97 Å². The van der Waals surface area contributed by atoms with Crippen molar-refractivity contribution in [3.8, 4) is 0 Å². The number of pyridine rings is 2. The lowest BCUT2D eigenvalue weighted by Crippen LogP contribution is -2.50. The van der Waals surface area contributed by atoms with Crippen LogP contribution in [-0.2, 0) is 9.47 Å². The van der Waals surface area contributed by atoms with Crippen LogP contribution in [0.3, 0.4) is 0 Å². The maximum atomic E-state index is 13.0. The van der Waals surface area contributed by atoms with Gasteiger partial charge < -0.3 is 41.4 Å². The number of nitrogens with zero attached hydrogens (tertiary/aromatic N) is 2. The Hall–Kier alpha value is -1.11. The molecular formula is C28H45FI2N6O4. The van der Waals surface area contributed by atoms with Crippen LogP contribution < -0.4 is 21.7 Å². The molecule has 2 saturated carbocycles. The molecule has 5 rings (SSSR count). The highest BCUT2D eigenvalue weighted by atomic mass is 127. The molecule has 10 nitrogen and oxygen atoms in total. The molecule has 2 aromatic heterocycles. The number of morpholine rings is 1. The summed E-state index contributed by atoms with van der Waals surface area (Å²) in [6, 6.07) is 6.94. The monoisotopic (exact) mass is 802 g/mol. The van der Waals surface area contributed by atoms with Gasteiger partial charge in [0.1, 0.15) is 17.5 Å². The molecule has 3 fully saturated rings. The second kappa shape index (κ2) is 17.9. The van der Waals surface area contributed by atoms with Crippen molar-refractivity contribution >= 4 is 62.6 Å². The highest BCUT2D eigenvalue weighted by Crippen LogP contribution is 2.35. The number of anilines is 3. The summed E-state index contributed by atoms with van der Waals surface area (Å²) in [5, 5.41) is 28.1. The van der Waals surface area contributed by atoms with Crippen molar-refractivity contribution in [2.45, 2.75) is 76.7 Å². The van der Waals surface area contributed by atoms with Gasteiger partial charge in [0.25, 0.3) is 0 Å². The lowest BCUT2D eigenvalue weighted by atomic mass is 9.76. The summed E-state index contributed by atoms with van der Waals surface area (Å²) < 4.78 is 24.7. The molecule has 1 saturated heterocycles. The van der Waals surface area contributed by atoms with Gasteiger partial charge in [-0.1, -0.05) is 0 Å². The van der Waals surface area contributed by atoms with Crippen LogP contribution in [0.4, 0.5) is 21.8 Å². The average Bonchev–Trinajstić information content (AvgIpc) is 2.84. The number of ether oxygens (including phenoxy) is 2.